The Hall–Kier alpha value is -3.50. The van der Waals surface area contributed by atoms with Gasteiger partial charge in [0.1, 0.15) is 11.2 Å². The average Bonchev–Trinajstić information content (AvgIpc) is 3.14. The van der Waals surface area contributed by atoms with Crippen molar-refractivity contribution in [2.24, 2.45) is 0 Å². The number of likely N-dealkylation sites (tertiary alicyclic amines) is 2. The second-order valence-electron chi connectivity index (χ2n) is 10.3. The van der Waals surface area contributed by atoms with Gasteiger partial charge in [-0.2, -0.15) is 5.10 Å². The van der Waals surface area contributed by atoms with Crippen LogP contribution in [0, 0.1) is 0 Å². The molecule has 1 N–H and O–H groups in total. The number of H-pyrrole nitrogens is 1. The minimum atomic E-state index is -2.87. The second-order valence-corrected chi connectivity index (χ2v) is 10.3. The first kappa shape index (κ1) is 23.3. The summed E-state index contributed by atoms with van der Waals surface area (Å²) < 4.78 is 33.8. The van der Waals surface area contributed by atoms with Crippen molar-refractivity contribution in [3.63, 3.8) is 0 Å². The smallest absolute Gasteiger partial charge is 0.410 e. The third-order valence-corrected chi connectivity index (χ3v) is 6.39. The van der Waals surface area contributed by atoms with Crippen LogP contribution in [0.4, 0.5) is 13.6 Å². The van der Waals surface area contributed by atoms with E-state index in [4.69, 9.17) is 4.74 Å². The zero-order chi connectivity index (χ0) is 25.1. The zero-order valence-electron chi connectivity index (χ0n) is 19.8. The Morgan fingerprint density at radius 1 is 1.14 bits per heavy atom. The number of piperidine rings is 1. The van der Waals surface area contributed by atoms with E-state index in [1.165, 1.54) is 6.07 Å². The molecule has 2 amide bonds. The molecule has 11 heteroatoms. The van der Waals surface area contributed by atoms with Gasteiger partial charge in [0, 0.05) is 25.1 Å². The van der Waals surface area contributed by atoms with Gasteiger partial charge < -0.3 is 19.5 Å². The number of fused-ring (bicyclic) bond motifs is 3. The van der Waals surface area contributed by atoms with E-state index in [-0.39, 0.29) is 23.1 Å². The van der Waals surface area contributed by atoms with Crippen molar-refractivity contribution in [2.75, 3.05) is 26.2 Å². The van der Waals surface area contributed by atoms with Gasteiger partial charge in [-0.15, -0.1) is 0 Å². The number of carbonyl (C=O) groups excluding carboxylic acids is 2. The SMILES string of the molecule is CC(C)(C)OC(=O)N1CCC(c2cc(=O)[nH]c3c4c(C(=O)N5CC(F)(F)C5)cccc4nn23)CC1. The van der Waals surface area contributed by atoms with Gasteiger partial charge in [-0.25, -0.2) is 18.1 Å². The number of hydrogen-bond acceptors (Lipinski definition) is 5. The molecule has 0 spiro atoms. The molecule has 0 unspecified atom stereocenters. The van der Waals surface area contributed by atoms with Gasteiger partial charge in [-0.3, -0.25) is 9.59 Å². The van der Waals surface area contributed by atoms with Crippen molar-refractivity contribution in [3.8, 4) is 0 Å². The highest BCUT2D eigenvalue weighted by atomic mass is 19.3. The van der Waals surface area contributed by atoms with Gasteiger partial charge in [-0.05, 0) is 45.7 Å². The lowest BCUT2D eigenvalue weighted by Gasteiger charge is -2.38. The minimum Gasteiger partial charge on any atom is -0.444 e. The first-order valence-corrected chi connectivity index (χ1v) is 11.6. The number of alkyl halides is 2. The Balaban J connectivity index is 1.47. The number of amides is 2. The summed E-state index contributed by atoms with van der Waals surface area (Å²) in [5, 5.41) is 5.06. The predicted octanol–water partition coefficient (Wildman–Crippen LogP) is 3.38. The van der Waals surface area contributed by atoms with Crippen LogP contribution in [0.5, 0.6) is 0 Å². The molecule has 2 aliphatic heterocycles. The summed E-state index contributed by atoms with van der Waals surface area (Å²) >= 11 is 0. The highest BCUT2D eigenvalue weighted by Crippen LogP contribution is 2.33. The summed E-state index contributed by atoms with van der Waals surface area (Å²) in [5.41, 5.74) is 0.814. The minimum absolute atomic E-state index is 0.0407. The highest BCUT2D eigenvalue weighted by Gasteiger charge is 2.46. The molecular weight excluding hydrogens is 460 g/mol. The lowest BCUT2D eigenvalue weighted by molar-refractivity contribution is -0.113. The first-order chi connectivity index (χ1) is 16.4. The van der Waals surface area contributed by atoms with Crippen LogP contribution < -0.4 is 5.56 Å². The molecule has 2 fully saturated rings. The zero-order valence-corrected chi connectivity index (χ0v) is 19.8. The number of halogens is 2. The molecule has 186 valence electrons. The largest absolute Gasteiger partial charge is 0.444 e. The number of hydrogen-bond donors (Lipinski definition) is 1. The molecule has 0 radical (unpaired) electrons. The third-order valence-electron chi connectivity index (χ3n) is 6.39. The summed E-state index contributed by atoms with van der Waals surface area (Å²) in [7, 11) is 0. The van der Waals surface area contributed by atoms with E-state index in [0.29, 0.717) is 48.2 Å². The number of rotatable bonds is 2. The second kappa shape index (κ2) is 8.03. The predicted molar refractivity (Wildman–Crippen MR) is 124 cm³/mol. The number of carbonyl (C=O) groups is 2. The van der Waals surface area contributed by atoms with E-state index in [1.807, 2.05) is 20.8 Å². The lowest BCUT2D eigenvalue weighted by Crippen LogP contribution is -2.58. The number of nitrogens with one attached hydrogen (secondary N) is 1. The van der Waals surface area contributed by atoms with Crippen LogP contribution >= 0.6 is 0 Å². The normalized spacial score (nSPS) is 18.7. The summed E-state index contributed by atoms with van der Waals surface area (Å²) in [6.07, 6.45) is 0.863. The number of ether oxygens (including phenoxy) is 1. The maximum Gasteiger partial charge on any atom is 0.410 e. The van der Waals surface area contributed by atoms with Crippen LogP contribution in [0.25, 0.3) is 16.6 Å². The Bertz CT molecular complexity index is 1370. The van der Waals surface area contributed by atoms with Crippen LogP contribution in [0.2, 0.25) is 0 Å². The maximum atomic E-state index is 13.4. The Morgan fingerprint density at radius 2 is 1.83 bits per heavy atom. The van der Waals surface area contributed by atoms with Gasteiger partial charge in [-0.1, -0.05) is 6.07 Å². The standard InChI is InChI=1S/C24H27F2N5O4/c1-23(2,3)35-22(34)29-9-7-14(8-10-29)17-11-18(32)27-20-19-15(5-4-6-16(19)28-31(17)20)21(33)30-12-24(25,26)13-30/h4-6,11,14H,7-10,12-13H2,1-3H3,(H,27,32). The number of nitrogens with zero attached hydrogens (tertiary/aromatic N) is 4. The molecule has 9 nitrogen and oxygen atoms in total. The molecular formula is C24H27F2N5O4. The average molecular weight is 488 g/mol. The van der Waals surface area contributed by atoms with Crippen molar-refractivity contribution in [1.29, 1.82) is 0 Å². The van der Waals surface area contributed by atoms with Crippen LogP contribution in [0.15, 0.2) is 29.1 Å². The third kappa shape index (κ3) is 4.35. The van der Waals surface area contributed by atoms with E-state index in [2.05, 4.69) is 10.1 Å². The van der Waals surface area contributed by atoms with Crippen molar-refractivity contribution in [1.82, 2.24) is 24.4 Å². The number of aromatic amines is 1. The Kier molecular flexibility index (Phi) is 5.33. The molecule has 2 aliphatic rings. The topological polar surface area (TPSA) is 100 Å². The van der Waals surface area contributed by atoms with Crippen LogP contribution in [-0.4, -0.2) is 74.1 Å². The van der Waals surface area contributed by atoms with Crippen molar-refractivity contribution < 1.29 is 23.1 Å². The van der Waals surface area contributed by atoms with E-state index >= 15 is 0 Å². The molecule has 0 bridgehead atoms. The first-order valence-electron chi connectivity index (χ1n) is 11.6. The molecule has 0 atom stereocenters. The van der Waals surface area contributed by atoms with E-state index < -0.39 is 30.5 Å². The molecule has 1 aromatic carbocycles. The summed E-state index contributed by atoms with van der Waals surface area (Å²) in [6.45, 7) is 5.15. The monoisotopic (exact) mass is 487 g/mol. The fourth-order valence-corrected chi connectivity index (χ4v) is 4.77. The van der Waals surface area contributed by atoms with Crippen LogP contribution in [0.3, 0.4) is 0 Å². The lowest BCUT2D eigenvalue weighted by atomic mass is 9.93. The molecule has 2 aromatic heterocycles. The Labute approximate surface area is 199 Å². The fourth-order valence-electron chi connectivity index (χ4n) is 4.77. The molecule has 0 aliphatic carbocycles. The maximum absolute atomic E-state index is 13.4. The van der Waals surface area contributed by atoms with Crippen LogP contribution in [-0.2, 0) is 4.74 Å². The highest BCUT2D eigenvalue weighted by molar-refractivity contribution is 6.11. The van der Waals surface area contributed by atoms with Gasteiger partial charge >= 0.3 is 6.09 Å². The van der Waals surface area contributed by atoms with E-state index in [1.54, 1.807) is 27.6 Å². The van der Waals surface area contributed by atoms with E-state index in [9.17, 15) is 23.2 Å². The van der Waals surface area contributed by atoms with Crippen LogP contribution in [0.1, 0.15) is 55.6 Å². The van der Waals surface area contributed by atoms with E-state index in [0.717, 1.165) is 4.90 Å². The van der Waals surface area contributed by atoms with Gasteiger partial charge in [0.25, 0.3) is 17.4 Å². The number of aromatic nitrogens is 3. The van der Waals surface area contributed by atoms with Gasteiger partial charge in [0.15, 0.2) is 0 Å². The summed E-state index contributed by atoms with van der Waals surface area (Å²) in [5.74, 6) is -3.44. The molecule has 3 aromatic rings. The molecule has 4 heterocycles. The van der Waals surface area contributed by atoms with Gasteiger partial charge in [0.2, 0.25) is 0 Å². The van der Waals surface area contributed by atoms with Crippen molar-refractivity contribution in [3.05, 3.63) is 45.9 Å². The molecule has 2 saturated heterocycles. The van der Waals surface area contributed by atoms with Crippen molar-refractivity contribution in [2.45, 2.75) is 51.1 Å². The van der Waals surface area contributed by atoms with Crippen molar-refractivity contribution >= 4 is 28.6 Å². The Morgan fingerprint density at radius 3 is 2.46 bits per heavy atom. The quantitative estimate of drug-likeness (QED) is 0.598. The summed E-state index contributed by atoms with van der Waals surface area (Å²) in [6, 6.07) is 6.42. The van der Waals surface area contributed by atoms with Gasteiger partial charge in [0.05, 0.1) is 35.2 Å². The molecule has 5 rings (SSSR count). The molecule has 35 heavy (non-hydrogen) atoms. The molecule has 0 saturated carbocycles. The fraction of sp³-hybridized carbons (Fsp3) is 0.500. The number of benzene rings is 1. The summed E-state index contributed by atoms with van der Waals surface area (Å²) in [4.78, 5) is 43.5.